The van der Waals surface area contributed by atoms with Gasteiger partial charge >= 0.3 is 0 Å². The van der Waals surface area contributed by atoms with Gasteiger partial charge in [-0.25, -0.2) is 0 Å². The van der Waals surface area contributed by atoms with Crippen LogP contribution in [0.4, 0.5) is 0 Å². The first-order valence-corrected chi connectivity index (χ1v) is 7.79. The maximum atomic E-state index is 3.74. The minimum absolute atomic E-state index is 0.501. The zero-order valence-corrected chi connectivity index (χ0v) is 12.1. The summed E-state index contributed by atoms with van der Waals surface area (Å²) in [5.41, 5.74) is 1.96. The highest BCUT2D eigenvalue weighted by Crippen LogP contribution is 2.37. The summed E-state index contributed by atoms with van der Waals surface area (Å²) in [7, 11) is 0. The van der Waals surface area contributed by atoms with Crippen molar-refractivity contribution in [2.45, 2.75) is 50.6 Å². The Labute approximate surface area is 117 Å². The quantitative estimate of drug-likeness (QED) is 0.897. The van der Waals surface area contributed by atoms with Crippen molar-refractivity contribution in [2.75, 3.05) is 19.6 Å². The standard InChI is InChI=1S/C17H26N2/c1-17(9-5-10-17)19-12-6-11-18-16(14-19)13-15-7-3-2-4-8-15/h2-4,7-8,16,18H,5-6,9-14H2,1H3. The molecular formula is C17H26N2. The van der Waals surface area contributed by atoms with E-state index in [-0.39, 0.29) is 0 Å². The van der Waals surface area contributed by atoms with Gasteiger partial charge in [0.1, 0.15) is 0 Å². The molecule has 1 heterocycles. The molecule has 0 bridgehead atoms. The fourth-order valence-electron chi connectivity index (χ4n) is 3.53. The van der Waals surface area contributed by atoms with Crippen molar-refractivity contribution in [3.8, 4) is 0 Å². The molecule has 19 heavy (non-hydrogen) atoms. The van der Waals surface area contributed by atoms with E-state index < -0.39 is 0 Å². The highest BCUT2D eigenvalue weighted by atomic mass is 15.2. The molecule has 104 valence electrons. The second-order valence-electron chi connectivity index (χ2n) is 6.49. The van der Waals surface area contributed by atoms with Crippen LogP contribution in [0.1, 0.15) is 38.2 Å². The Kier molecular flexibility index (Phi) is 3.90. The van der Waals surface area contributed by atoms with Gasteiger partial charge in [0.15, 0.2) is 0 Å². The average molecular weight is 258 g/mol. The van der Waals surface area contributed by atoms with Crippen molar-refractivity contribution < 1.29 is 0 Å². The van der Waals surface area contributed by atoms with Gasteiger partial charge in [0.25, 0.3) is 0 Å². The van der Waals surface area contributed by atoms with Crippen LogP contribution in [0.2, 0.25) is 0 Å². The highest BCUT2D eigenvalue weighted by molar-refractivity contribution is 5.16. The molecule has 1 aromatic rings. The summed E-state index contributed by atoms with van der Waals surface area (Å²) >= 11 is 0. The second-order valence-corrected chi connectivity index (χ2v) is 6.49. The molecule has 1 unspecified atom stereocenters. The van der Waals surface area contributed by atoms with Crippen LogP contribution in [-0.2, 0) is 6.42 Å². The summed E-state index contributed by atoms with van der Waals surface area (Å²) in [6.07, 6.45) is 6.66. The normalized spacial score (nSPS) is 27.5. The number of hydrogen-bond donors (Lipinski definition) is 1. The average Bonchev–Trinajstić information content (AvgIpc) is 2.63. The SMILES string of the molecule is CC1(N2CCCNC(Cc3ccccc3)C2)CCC1. The summed E-state index contributed by atoms with van der Waals surface area (Å²) in [6.45, 7) is 6.12. The van der Waals surface area contributed by atoms with Crippen molar-refractivity contribution in [1.82, 2.24) is 10.2 Å². The van der Waals surface area contributed by atoms with Gasteiger partial charge in [-0.05, 0) is 57.7 Å². The molecule has 2 fully saturated rings. The van der Waals surface area contributed by atoms with Crippen molar-refractivity contribution in [3.05, 3.63) is 35.9 Å². The molecule has 0 radical (unpaired) electrons. The Balaban J connectivity index is 1.64. The first kappa shape index (κ1) is 13.1. The smallest absolute Gasteiger partial charge is 0.0235 e. The molecule has 1 aromatic carbocycles. The highest BCUT2D eigenvalue weighted by Gasteiger charge is 2.38. The van der Waals surface area contributed by atoms with Crippen LogP contribution >= 0.6 is 0 Å². The lowest BCUT2D eigenvalue weighted by molar-refractivity contribution is 0.0311. The topological polar surface area (TPSA) is 15.3 Å². The van der Waals surface area contributed by atoms with E-state index in [9.17, 15) is 0 Å². The van der Waals surface area contributed by atoms with Gasteiger partial charge < -0.3 is 5.32 Å². The van der Waals surface area contributed by atoms with E-state index in [4.69, 9.17) is 0 Å². The van der Waals surface area contributed by atoms with Crippen LogP contribution < -0.4 is 5.32 Å². The van der Waals surface area contributed by atoms with Crippen LogP contribution in [-0.4, -0.2) is 36.1 Å². The zero-order chi connectivity index (χ0) is 13.1. The second kappa shape index (κ2) is 5.64. The third kappa shape index (κ3) is 3.01. The Bertz CT molecular complexity index is 397. The first-order chi connectivity index (χ1) is 9.26. The van der Waals surface area contributed by atoms with Crippen molar-refractivity contribution >= 4 is 0 Å². The van der Waals surface area contributed by atoms with Gasteiger partial charge in [-0.1, -0.05) is 30.3 Å². The van der Waals surface area contributed by atoms with Crippen LogP contribution in [0.3, 0.4) is 0 Å². The van der Waals surface area contributed by atoms with Crippen molar-refractivity contribution in [2.24, 2.45) is 0 Å². The summed E-state index contributed by atoms with van der Waals surface area (Å²) in [5, 5.41) is 3.74. The summed E-state index contributed by atoms with van der Waals surface area (Å²) in [4.78, 5) is 2.75. The molecule has 1 saturated carbocycles. The zero-order valence-electron chi connectivity index (χ0n) is 12.1. The van der Waals surface area contributed by atoms with E-state index in [2.05, 4.69) is 47.5 Å². The minimum atomic E-state index is 0.501. The van der Waals surface area contributed by atoms with Crippen molar-refractivity contribution in [1.29, 1.82) is 0 Å². The molecule has 1 atom stereocenters. The number of hydrogen-bond acceptors (Lipinski definition) is 2. The van der Waals surface area contributed by atoms with E-state index in [1.807, 2.05) is 0 Å². The monoisotopic (exact) mass is 258 g/mol. The van der Waals surface area contributed by atoms with Gasteiger partial charge in [-0.15, -0.1) is 0 Å². The lowest BCUT2D eigenvalue weighted by Crippen LogP contribution is -2.54. The van der Waals surface area contributed by atoms with Gasteiger partial charge in [0.2, 0.25) is 0 Å². The minimum Gasteiger partial charge on any atom is -0.312 e. The molecule has 2 heteroatoms. The Morgan fingerprint density at radius 1 is 1.21 bits per heavy atom. The fourth-order valence-corrected chi connectivity index (χ4v) is 3.53. The molecule has 0 aromatic heterocycles. The predicted octanol–water partition coefficient (Wildman–Crippen LogP) is 2.84. The Hall–Kier alpha value is -0.860. The summed E-state index contributed by atoms with van der Waals surface area (Å²) in [5.74, 6) is 0. The molecule has 0 amide bonds. The van der Waals surface area contributed by atoms with Gasteiger partial charge in [0.05, 0.1) is 0 Å². The molecule has 1 saturated heterocycles. The van der Waals surface area contributed by atoms with Crippen LogP contribution in [0, 0.1) is 0 Å². The van der Waals surface area contributed by atoms with Crippen molar-refractivity contribution in [3.63, 3.8) is 0 Å². The molecule has 2 nitrogen and oxygen atoms in total. The molecule has 2 aliphatic rings. The summed E-state index contributed by atoms with van der Waals surface area (Å²) < 4.78 is 0. The van der Waals surface area contributed by atoms with E-state index >= 15 is 0 Å². The van der Waals surface area contributed by atoms with Crippen LogP contribution in [0.15, 0.2) is 30.3 Å². The van der Waals surface area contributed by atoms with E-state index in [1.54, 1.807) is 0 Å². The molecule has 3 rings (SSSR count). The molecular weight excluding hydrogens is 232 g/mol. The number of nitrogens with one attached hydrogen (secondary N) is 1. The lowest BCUT2D eigenvalue weighted by Gasteiger charge is -2.48. The molecule has 1 aliphatic heterocycles. The maximum Gasteiger partial charge on any atom is 0.0235 e. The van der Waals surface area contributed by atoms with E-state index in [0.29, 0.717) is 11.6 Å². The van der Waals surface area contributed by atoms with Gasteiger partial charge in [-0.2, -0.15) is 0 Å². The Morgan fingerprint density at radius 3 is 2.68 bits per heavy atom. The number of nitrogens with zero attached hydrogens (tertiary/aromatic N) is 1. The number of benzene rings is 1. The van der Waals surface area contributed by atoms with Crippen LogP contribution in [0.25, 0.3) is 0 Å². The van der Waals surface area contributed by atoms with Crippen LogP contribution in [0.5, 0.6) is 0 Å². The third-order valence-electron chi connectivity index (χ3n) is 5.00. The molecule has 1 aliphatic carbocycles. The maximum absolute atomic E-state index is 3.74. The predicted molar refractivity (Wildman–Crippen MR) is 80.4 cm³/mol. The first-order valence-electron chi connectivity index (χ1n) is 7.79. The van der Waals surface area contributed by atoms with Gasteiger partial charge in [-0.3, -0.25) is 4.90 Å². The molecule has 0 spiro atoms. The lowest BCUT2D eigenvalue weighted by atomic mass is 9.76. The largest absolute Gasteiger partial charge is 0.312 e. The fraction of sp³-hybridized carbons (Fsp3) is 0.647. The Morgan fingerprint density at radius 2 is 2.00 bits per heavy atom. The molecule has 1 N–H and O–H groups in total. The third-order valence-corrected chi connectivity index (χ3v) is 5.00. The number of rotatable bonds is 3. The van der Waals surface area contributed by atoms with E-state index in [1.165, 1.54) is 50.9 Å². The van der Waals surface area contributed by atoms with E-state index in [0.717, 1.165) is 6.42 Å². The summed E-state index contributed by atoms with van der Waals surface area (Å²) in [6, 6.07) is 11.5. The van der Waals surface area contributed by atoms with Gasteiger partial charge in [0, 0.05) is 18.1 Å².